The van der Waals surface area contributed by atoms with Gasteiger partial charge in [-0.3, -0.25) is 4.40 Å². The summed E-state index contributed by atoms with van der Waals surface area (Å²) >= 11 is 1.66. The molecule has 0 spiro atoms. The SMILES string of the molecule is COc1cccc(OC)c1-c1cnnc(NCc2cn3cc(C)sc3n2)n1. The van der Waals surface area contributed by atoms with Crippen molar-refractivity contribution in [2.24, 2.45) is 0 Å². The predicted octanol–water partition coefficient (Wildman–Crippen LogP) is 3.19. The zero-order valence-corrected chi connectivity index (χ0v) is 15.9. The van der Waals surface area contributed by atoms with Gasteiger partial charge < -0.3 is 14.8 Å². The predicted molar refractivity (Wildman–Crippen MR) is 103 cm³/mol. The molecular formula is C18H18N6O2S. The molecule has 9 heteroatoms. The molecule has 138 valence electrons. The molecule has 0 aliphatic carbocycles. The second-order valence-electron chi connectivity index (χ2n) is 5.82. The van der Waals surface area contributed by atoms with Crippen LogP contribution in [0.25, 0.3) is 16.2 Å². The van der Waals surface area contributed by atoms with Gasteiger partial charge in [0, 0.05) is 17.3 Å². The van der Waals surface area contributed by atoms with E-state index in [1.165, 1.54) is 4.88 Å². The molecule has 0 fully saturated rings. The van der Waals surface area contributed by atoms with E-state index >= 15 is 0 Å². The van der Waals surface area contributed by atoms with E-state index in [0.717, 1.165) is 16.2 Å². The molecule has 27 heavy (non-hydrogen) atoms. The van der Waals surface area contributed by atoms with E-state index in [0.29, 0.717) is 29.7 Å². The standard InChI is InChI=1S/C18H18N6O2S/c1-11-9-24-10-12(21-18(24)27-11)7-19-17-22-13(8-20-23-17)16-14(25-2)5-4-6-15(16)26-3/h4-6,8-10H,7H2,1-3H3,(H,19,22,23). The fourth-order valence-electron chi connectivity index (χ4n) is 2.82. The number of nitrogens with zero attached hydrogens (tertiary/aromatic N) is 5. The van der Waals surface area contributed by atoms with Crippen LogP contribution in [0, 0.1) is 6.92 Å². The van der Waals surface area contributed by atoms with E-state index in [-0.39, 0.29) is 0 Å². The van der Waals surface area contributed by atoms with Gasteiger partial charge in [-0.05, 0) is 19.1 Å². The number of ether oxygens (including phenoxy) is 2. The lowest BCUT2D eigenvalue weighted by molar-refractivity contribution is 0.397. The number of hydrogen-bond donors (Lipinski definition) is 1. The highest BCUT2D eigenvalue weighted by Crippen LogP contribution is 2.36. The Morgan fingerprint density at radius 2 is 1.89 bits per heavy atom. The molecular weight excluding hydrogens is 364 g/mol. The number of anilines is 1. The molecule has 0 saturated carbocycles. The average molecular weight is 382 g/mol. The number of benzene rings is 1. The number of fused-ring (bicyclic) bond motifs is 1. The van der Waals surface area contributed by atoms with Gasteiger partial charge in [0.15, 0.2) is 4.96 Å². The summed E-state index contributed by atoms with van der Waals surface area (Å²) in [6, 6.07) is 5.57. The number of rotatable bonds is 6. The minimum atomic E-state index is 0.410. The summed E-state index contributed by atoms with van der Waals surface area (Å²) in [5.74, 6) is 1.73. The summed E-state index contributed by atoms with van der Waals surface area (Å²) < 4.78 is 12.9. The molecule has 0 saturated heterocycles. The number of methoxy groups -OCH3 is 2. The van der Waals surface area contributed by atoms with Crippen molar-refractivity contribution in [3.05, 3.63) is 47.4 Å². The lowest BCUT2D eigenvalue weighted by atomic mass is 10.1. The smallest absolute Gasteiger partial charge is 0.243 e. The molecule has 0 aliphatic heterocycles. The number of hydrogen-bond acceptors (Lipinski definition) is 8. The van der Waals surface area contributed by atoms with E-state index in [1.54, 1.807) is 31.8 Å². The van der Waals surface area contributed by atoms with Crippen molar-refractivity contribution in [1.82, 2.24) is 24.6 Å². The van der Waals surface area contributed by atoms with Crippen LogP contribution in [0.3, 0.4) is 0 Å². The monoisotopic (exact) mass is 382 g/mol. The van der Waals surface area contributed by atoms with Gasteiger partial charge >= 0.3 is 0 Å². The Balaban J connectivity index is 1.58. The summed E-state index contributed by atoms with van der Waals surface area (Å²) in [7, 11) is 3.22. The third-order valence-electron chi connectivity index (χ3n) is 3.99. The quantitative estimate of drug-likeness (QED) is 0.548. The van der Waals surface area contributed by atoms with Crippen molar-refractivity contribution in [2.75, 3.05) is 19.5 Å². The van der Waals surface area contributed by atoms with Gasteiger partial charge in [0.1, 0.15) is 17.2 Å². The van der Waals surface area contributed by atoms with Gasteiger partial charge in [-0.2, -0.15) is 5.10 Å². The maximum absolute atomic E-state index is 5.45. The van der Waals surface area contributed by atoms with Crippen molar-refractivity contribution >= 4 is 22.2 Å². The Morgan fingerprint density at radius 3 is 2.59 bits per heavy atom. The molecule has 4 rings (SSSR count). The van der Waals surface area contributed by atoms with Crippen LogP contribution in [0.2, 0.25) is 0 Å². The normalized spacial score (nSPS) is 10.9. The highest BCUT2D eigenvalue weighted by atomic mass is 32.1. The van der Waals surface area contributed by atoms with Gasteiger partial charge in [-0.1, -0.05) is 6.07 Å². The van der Waals surface area contributed by atoms with Crippen LogP contribution < -0.4 is 14.8 Å². The van der Waals surface area contributed by atoms with E-state index in [2.05, 4.69) is 38.6 Å². The second kappa shape index (κ2) is 7.20. The Morgan fingerprint density at radius 1 is 1.11 bits per heavy atom. The van der Waals surface area contributed by atoms with Crippen LogP contribution in [0.1, 0.15) is 10.6 Å². The van der Waals surface area contributed by atoms with Crippen LogP contribution in [0.15, 0.2) is 36.8 Å². The number of thiazole rings is 1. The Labute approximate surface area is 159 Å². The summed E-state index contributed by atoms with van der Waals surface area (Å²) in [6.45, 7) is 2.57. The van der Waals surface area contributed by atoms with Crippen molar-refractivity contribution in [3.63, 3.8) is 0 Å². The van der Waals surface area contributed by atoms with Crippen molar-refractivity contribution < 1.29 is 9.47 Å². The fourth-order valence-corrected chi connectivity index (χ4v) is 3.64. The summed E-state index contributed by atoms with van der Waals surface area (Å²) in [4.78, 5) is 11.3. The highest BCUT2D eigenvalue weighted by molar-refractivity contribution is 7.16. The molecule has 0 bridgehead atoms. The molecule has 3 aromatic heterocycles. The van der Waals surface area contributed by atoms with E-state index < -0.39 is 0 Å². The minimum Gasteiger partial charge on any atom is -0.496 e. The average Bonchev–Trinajstić information content (AvgIpc) is 3.22. The molecule has 0 radical (unpaired) electrons. The zero-order chi connectivity index (χ0) is 18.8. The maximum Gasteiger partial charge on any atom is 0.243 e. The number of imidazole rings is 1. The third kappa shape index (κ3) is 3.41. The number of aromatic nitrogens is 5. The lowest BCUT2D eigenvalue weighted by Crippen LogP contribution is -2.06. The number of aryl methyl sites for hydroxylation is 1. The van der Waals surface area contributed by atoms with Gasteiger partial charge in [0.2, 0.25) is 5.95 Å². The topological polar surface area (TPSA) is 86.5 Å². The summed E-state index contributed by atoms with van der Waals surface area (Å²) in [5.41, 5.74) is 2.26. The first kappa shape index (κ1) is 17.2. The molecule has 1 aromatic carbocycles. The zero-order valence-electron chi connectivity index (χ0n) is 15.1. The molecule has 0 unspecified atom stereocenters. The van der Waals surface area contributed by atoms with Crippen molar-refractivity contribution in [1.29, 1.82) is 0 Å². The Hall–Kier alpha value is -3.20. The first-order valence-corrected chi connectivity index (χ1v) is 9.08. The third-order valence-corrected chi connectivity index (χ3v) is 4.90. The fraction of sp³-hybridized carbons (Fsp3) is 0.222. The molecule has 8 nitrogen and oxygen atoms in total. The van der Waals surface area contributed by atoms with E-state index in [1.807, 2.05) is 28.8 Å². The number of nitrogens with one attached hydrogen (secondary N) is 1. The summed E-state index contributed by atoms with van der Waals surface area (Å²) in [5, 5.41) is 11.3. The Kier molecular flexibility index (Phi) is 4.59. The van der Waals surface area contributed by atoms with Crippen LogP contribution in [0.4, 0.5) is 5.95 Å². The molecule has 3 heterocycles. The molecule has 0 atom stereocenters. The van der Waals surface area contributed by atoms with Crippen LogP contribution >= 0.6 is 11.3 Å². The second-order valence-corrected chi connectivity index (χ2v) is 7.03. The lowest BCUT2D eigenvalue weighted by Gasteiger charge is -2.12. The van der Waals surface area contributed by atoms with Gasteiger partial charge in [0.25, 0.3) is 0 Å². The van der Waals surface area contributed by atoms with Gasteiger partial charge in [-0.15, -0.1) is 16.4 Å². The molecule has 0 amide bonds. The molecule has 1 N–H and O–H groups in total. The highest BCUT2D eigenvalue weighted by Gasteiger charge is 2.15. The Bertz CT molecular complexity index is 1040. The van der Waals surface area contributed by atoms with Gasteiger partial charge in [-0.25, -0.2) is 9.97 Å². The van der Waals surface area contributed by atoms with E-state index in [9.17, 15) is 0 Å². The van der Waals surface area contributed by atoms with E-state index in [4.69, 9.17) is 9.47 Å². The largest absolute Gasteiger partial charge is 0.496 e. The van der Waals surface area contributed by atoms with Crippen LogP contribution in [-0.4, -0.2) is 38.8 Å². The minimum absolute atomic E-state index is 0.410. The van der Waals surface area contributed by atoms with Crippen molar-refractivity contribution in [3.8, 4) is 22.8 Å². The van der Waals surface area contributed by atoms with Crippen LogP contribution in [0.5, 0.6) is 11.5 Å². The first-order valence-electron chi connectivity index (χ1n) is 8.27. The van der Waals surface area contributed by atoms with Gasteiger partial charge in [0.05, 0.1) is 38.2 Å². The molecule has 4 aromatic rings. The van der Waals surface area contributed by atoms with Crippen LogP contribution in [-0.2, 0) is 6.54 Å². The summed E-state index contributed by atoms with van der Waals surface area (Å²) in [6.07, 6.45) is 5.64. The first-order chi connectivity index (χ1) is 13.2. The van der Waals surface area contributed by atoms with Crippen molar-refractivity contribution in [2.45, 2.75) is 13.5 Å². The molecule has 0 aliphatic rings. The maximum atomic E-state index is 5.45.